The molecule has 0 saturated heterocycles. The molecule has 2 rings (SSSR count). The van der Waals surface area contributed by atoms with Crippen LogP contribution in [0.25, 0.3) is 0 Å². The third kappa shape index (κ3) is 3.64. The Bertz CT molecular complexity index is 607. The van der Waals surface area contributed by atoms with Crippen LogP contribution in [0.4, 0.5) is 4.39 Å². The maximum Gasteiger partial charge on any atom is 0.134 e. The maximum absolute atomic E-state index is 13.3. The largest absolute Gasteiger partial charge is 0.496 e. The zero-order valence-electron chi connectivity index (χ0n) is 12.2. The first-order valence-corrected chi connectivity index (χ1v) is 6.49. The summed E-state index contributed by atoms with van der Waals surface area (Å²) in [7, 11) is 3.12. The van der Waals surface area contributed by atoms with Gasteiger partial charge in [0.1, 0.15) is 28.8 Å². The first-order chi connectivity index (χ1) is 10.0. The van der Waals surface area contributed by atoms with E-state index in [2.05, 4.69) is 0 Å². The molecule has 112 valence electrons. The number of ether oxygens (including phenoxy) is 3. The molecule has 0 aliphatic rings. The summed E-state index contributed by atoms with van der Waals surface area (Å²) < 4.78 is 29.5. The molecule has 0 spiro atoms. The fourth-order valence-corrected chi connectivity index (χ4v) is 1.94. The molecule has 1 unspecified atom stereocenters. The Hall–Kier alpha value is -2.27. The average Bonchev–Trinajstić information content (AvgIpc) is 2.48. The number of halogens is 1. The third-order valence-corrected chi connectivity index (χ3v) is 3.02. The molecule has 0 aliphatic carbocycles. The van der Waals surface area contributed by atoms with Crippen LogP contribution in [0.5, 0.6) is 23.0 Å². The first kappa shape index (κ1) is 15.1. The summed E-state index contributed by atoms with van der Waals surface area (Å²) in [5, 5.41) is 0. The zero-order valence-corrected chi connectivity index (χ0v) is 12.2. The highest BCUT2D eigenvalue weighted by Crippen LogP contribution is 2.33. The maximum atomic E-state index is 13.3. The molecular weight excluding hydrogens is 273 g/mol. The second-order valence-corrected chi connectivity index (χ2v) is 4.62. The van der Waals surface area contributed by atoms with Gasteiger partial charge in [-0.05, 0) is 25.1 Å². The molecule has 2 aromatic carbocycles. The highest BCUT2D eigenvalue weighted by Gasteiger charge is 2.12. The standard InChI is InChI=1S/C16H18FNO3/c1-10(18)15-6-11(17)4-5-16(15)21-14-8-12(19-2)7-13(9-14)20-3/h4-10H,18H2,1-3H3. The lowest BCUT2D eigenvalue weighted by Crippen LogP contribution is -2.07. The van der Waals surface area contributed by atoms with Crippen LogP contribution in [-0.2, 0) is 0 Å². The van der Waals surface area contributed by atoms with E-state index in [0.29, 0.717) is 28.6 Å². The van der Waals surface area contributed by atoms with Crippen molar-refractivity contribution in [3.05, 3.63) is 47.8 Å². The molecule has 0 aliphatic heterocycles. The second-order valence-electron chi connectivity index (χ2n) is 4.62. The van der Waals surface area contributed by atoms with Crippen LogP contribution in [0, 0.1) is 5.82 Å². The Morgan fingerprint density at radius 2 is 1.52 bits per heavy atom. The van der Waals surface area contributed by atoms with Gasteiger partial charge in [0.2, 0.25) is 0 Å². The van der Waals surface area contributed by atoms with Gasteiger partial charge in [0.25, 0.3) is 0 Å². The number of benzene rings is 2. The van der Waals surface area contributed by atoms with Crippen LogP contribution in [0.2, 0.25) is 0 Å². The van der Waals surface area contributed by atoms with Gasteiger partial charge in [0, 0.05) is 29.8 Å². The lowest BCUT2D eigenvalue weighted by atomic mass is 10.1. The van der Waals surface area contributed by atoms with Crippen molar-refractivity contribution >= 4 is 0 Å². The molecule has 5 heteroatoms. The van der Waals surface area contributed by atoms with Crippen molar-refractivity contribution in [1.29, 1.82) is 0 Å². The fourth-order valence-electron chi connectivity index (χ4n) is 1.94. The van der Waals surface area contributed by atoms with Crippen LogP contribution in [0.15, 0.2) is 36.4 Å². The molecule has 0 heterocycles. The number of methoxy groups -OCH3 is 2. The predicted octanol–water partition coefficient (Wildman–Crippen LogP) is 3.65. The van der Waals surface area contributed by atoms with E-state index in [0.717, 1.165) is 0 Å². The molecular formula is C16H18FNO3. The number of hydrogen-bond donors (Lipinski definition) is 1. The van der Waals surface area contributed by atoms with E-state index < -0.39 is 0 Å². The third-order valence-electron chi connectivity index (χ3n) is 3.02. The Kier molecular flexibility index (Phi) is 4.65. The van der Waals surface area contributed by atoms with Gasteiger partial charge in [-0.2, -0.15) is 0 Å². The first-order valence-electron chi connectivity index (χ1n) is 6.49. The van der Waals surface area contributed by atoms with Crippen LogP contribution < -0.4 is 19.9 Å². The summed E-state index contributed by atoms with van der Waals surface area (Å²) in [6, 6.07) is 9.09. The van der Waals surface area contributed by atoms with E-state index in [-0.39, 0.29) is 11.9 Å². The minimum Gasteiger partial charge on any atom is -0.496 e. The SMILES string of the molecule is COc1cc(OC)cc(Oc2ccc(F)cc2C(C)N)c1. The van der Waals surface area contributed by atoms with Gasteiger partial charge in [-0.15, -0.1) is 0 Å². The van der Waals surface area contributed by atoms with E-state index in [1.165, 1.54) is 12.1 Å². The van der Waals surface area contributed by atoms with Crippen molar-refractivity contribution in [2.45, 2.75) is 13.0 Å². The summed E-state index contributed by atoms with van der Waals surface area (Å²) in [6.07, 6.45) is 0. The molecule has 0 radical (unpaired) electrons. The van der Waals surface area contributed by atoms with E-state index in [1.54, 1.807) is 45.4 Å². The van der Waals surface area contributed by atoms with Crippen molar-refractivity contribution in [2.24, 2.45) is 5.73 Å². The summed E-state index contributed by atoms with van der Waals surface area (Å²) in [4.78, 5) is 0. The van der Waals surface area contributed by atoms with Gasteiger partial charge >= 0.3 is 0 Å². The Balaban J connectivity index is 2.38. The minimum absolute atomic E-state index is 0.344. The molecule has 1 atom stereocenters. The Labute approximate surface area is 123 Å². The normalized spacial score (nSPS) is 11.9. The van der Waals surface area contributed by atoms with Crippen molar-refractivity contribution in [2.75, 3.05) is 14.2 Å². The van der Waals surface area contributed by atoms with E-state index in [4.69, 9.17) is 19.9 Å². The van der Waals surface area contributed by atoms with Crippen LogP contribution in [0.1, 0.15) is 18.5 Å². The predicted molar refractivity (Wildman–Crippen MR) is 78.6 cm³/mol. The highest BCUT2D eigenvalue weighted by molar-refractivity contribution is 5.46. The van der Waals surface area contributed by atoms with Crippen LogP contribution >= 0.6 is 0 Å². The summed E-state index contributed by atoms with van der Waals surface area (Å²) in [6.45, 7) is 1.77. The molecule has 4 nitrogen and oxygen atoms in total. The monoisotopic (exact) mass is 291 g/mol. The molecule has 21 heavy (non-hydrogen) atoms. The summed E-state index contributed by atoms with van der Waals surface area (Å²) in [5.74, 6) is 1.89. The minimum atomic E-state index is -0.349. The Morgan fingerprint density at radius 3 is 2.05 bits per heavy atom. The van der Waals surface area contributed by atoms with Crippen molar-refractivity contribution in [3.8, 4) is 23.0 Å². The summed E-state index contributed by atoms with van der Waals surface area (Å²) in [5.41, 5.74) is 6.45. The number of nitrogens with two attached hydrogens (primary N) is 1. The number of rotatable bonds is 5. The van der Waals surface area contributed by atoms with Crippen molar-refractivity contribution in [3.63, 3.8) is 0 Å². The van der Waals surface area contributed by atoms with Gasteiger partial charge in [-0.3, -0.25) is 0 Å². The summed E-state index contributed by atoms with van der Waals surface area (Å²) >= 11 is 0. The number of hydrogen-bond acceptors (Lipinski definition) is 4. The van der Waals surface area contributed by atoms with Gasteiger partial charge in [-0.1, -0.05) is 0 Å². The van der Waals surface area contributed by atoms with E-state index >= 15 is 0 Å². The second kappa shape index (κ2) is 6.45. The lowest BCUT2D eigenvalue weighted by Gasteiger charge is -2.15. The zero-order chi connectivity index (χ0) is 15.4. The molecule has 2 aromatic rings. The van der Waals surface area contributed by atoms with Crippen molar-refractivity contribution < 1.29 is 18.6 Å². The van der Waals surface area contributed by atoms with Gasteiger partial charge in [0.15, 0.2) is 0 Å². The van der Waals surface area contributed by atoms with Crippen LogP contribution in [0.3, 0.4) is 0 Å². The van der Waals surface area contributed by atoms with Gasteiger partial charge in [0.05, 0.1) is 14.2 Å². The fraction of sp³-hybridized carbons (Fsp3) is 0.250. The van der Waals surface area contributed by atoms with Crippen molar-refractivity contribution in [1.82, 2.24) is 0 Å². The quantitative estimate of drug-likeness (QED) is 0.913. The average molecular weight is 291 g/mol. The molecule has 0 fully saturated rings. The molecule has 2 N–H and O–H groups in total. The lowest BCUT2D eigenvalue weighted by molar-refractivity contribution is 0.386. The van der Waals surface area contributed by atoms with E-state index in [9.17, 15) is 4.39 Å². The molecule has 0 saturated carbocycles. The van der Waals surface area contributed by atoms with E-state index in [1.807, 2.05) is 0 Å². The van der Waals surface area contributed by atoms with Gasteiger partial charge in [-0.25, -0.2) is 4.39 Å². The molecule has 0 bridgehead atoms. The smallest absolute Gasteiger partial charge is 0.134 e. The topological polar surface area (TPSA) is 53.7 Å². The molecule has 0 aromatic heterocycles. The Morgan fingerprint density at radius 1 is 0.952 bits per heavy atom. The van der Waals surface area contributed by atoms with Crippen LogP contribution in [-0.4, -0.2) is 14.2 Å². The molecule has 0 amide bonds. The highest BCUT2D eigenvalue weighted by atomic mass is 19.1. The van der Waals surface area contributed by atoms with Gasteiger partial charge < -0.3 is 19.9 Å².